The summed E-state index contributed by atoms with van der Waals surface area (Å²) in [7, 11) is 0. The van der Waals surface area contributed by atoms with Crippen LogP contribution in [0.2, 0.25) is 5.02 Å². The lowest BCUT2D eigenvalue weighted by Crippen LogP contribution is -2.16. The molecule has 0 fully saturated rings. The summed E-state index contributed by atoms with van der Waals surface area (Å²) in [4.78, 5) is 8.09. The van der Waals surface area contributed by atoms with Crippen molar-refractivity contribution in [3.05, 3.63) is 63.6 Å². The van der Waals surface area contributed by atoms with Crippen LogP contribution in [0.25, 0.3) is 5.69 Å². The summed E-state index contributed by atoms with van der Waals surface area (Å²) in [6, 6.07) is 3.31. The Morgan fingerprint density at radius 3 is 2.55 bits per heavy atom. The molecule has 1 atom stereocenters. The highest BCUT2D eigenvalue weighted by atomic mass is 35.5. The lowest BCUT2D eigenvalue weighted by molar-refractivity contribution is -0.137. The summed E-state index contributed by atoms with van der Waals surface area (Å²) in [5.74, 6) is -0.649. The SMILES string of the molecule is Cc1nnc2n1-c1ccc(C(F)(F)F)c(Cl)c1C(c1nc(O)ccc1F)=N[C@H]2C. The number of fused-ring (bicyclic) bond motifs is 3. The van der Waals surface area contributed by atoms with Crippen LogP contribution in [0, 0.1) is 12.7 Å². The maximum atomic E-state index is 14.6. The minimum Gasteiger partial charge on any atom is -0.493 e. The Bertz CT molecular complexity index is 1170. The largest absolute Gasteiger partial charge is 0.493 e. The van der Waals surface area contributed by atoms with Crippen LogP contribution in [-0.4, -0.2) is 30.6 Å². The first-order valence-electron chi connectivity index (χ1n) is 8.35. The van der Waals surface area contributed by atoms with Crippen LogP contribution in [0.5, 0.6) is 5.88 Å². The number of pyridine rings is 1. The predicted molar refractivity (Wildman–Crippen MR) is 96.0 cm³/mol. The monoisotopic (exact) mass is 425 g/mol. The second kappa shape index (κ2) is 6.51. The minimum absolute atomic E-state index is 0.174. The third-order valence-electron chi connectivity index (χ3n) is 4.50. The van der Waals surface area contributed by atoms with Gasteiger partial charge in [-0.2, -0.15) is 13.2 Å². The molecule has 3 heterocycles. The van der Waals surface area contributed by atoms with Gasteiger partial charge in [0.15, 0.2) is 11.6 Å². The van der Waals surface area contributed by atoms with E-state index in [4.69, 9.17) is 11.6 Å². The van der Waals surface area contributed by atoms with Crippen LogP contribution < -0.4 is 0 Å². The number of halogens is 5. The zero-order valence-electron chi connectivity index (χ0n) is 15.0. The van der Waals surface area contributed by atoms with E-state index in [1.54, 1.807) is 13.8 Å². The van der Waals surface area contributed by atoms with E-state index in [0.29, 0.717) is 11.6 Å². The Hall–Kier alpha value is -3.01. The molecule has 0 spiro atoms. The van der Waals surface area contributed by atoms with Crippen LogP contribution in [0.1, 0.15) is 41.4 Å². The molecule has 0 radical (unpaired) electrons. The maximum Gasteiger partial charge on any atom is 0.417 e. The molecule has 29 heavy (non-hydrogen) atoms. The van der Waals surface area contributed by atoms with Crippen molar-refractivity contribution in [2.24, 2.45) is 4.99 Å². The predicted octanol–water partition coefficient (Wildman–Crippen LogP) is 4.40. The highest BCUT2D eigenvalue weighted by Crippen LogP contribution is 2.41. The van der Waals surface area contributed by atoms with Gasteiger partial charge in [0, 0.05) is 11.6 Å². The lowest BCUT2D eigenvalue weighted by Gasteiger charge is -2.18. The van der Waals surface area contributed by atoms with Gasteiger partial charge in [0.1, 0.15) is 17.6 Å². The first-order chi connectivity index (χ1) is 13.6. The third-order valence-corrected chi connectivity index (χ3v) is 4.90. The van der Waals surface area contributed by atoms with Crippen LogP contribution in [0.15, 0.2) is 29.3 Å². The minimum atomic E-state index is -4.75. The van der Waals surface area contributed by atoms with Crippen LogP contribution in [-0.2, 0) is 6.18 Å². The fourth-order valence-corrected chi connectivity index (χ4v) is 3.59. The van der Waals surface area contributed by atoms with E-state index < -0.39 is 40.2 Å². The van der Waals surface area contributed by atoms with Crippen molar-refractivity contribution in [3.8, 4) is 11.6 Å². The zero-order valence-corrected chi connectivity index (χ0v) is 15.7. The van der Waals surface area contributed by atoms with E-state index in [1.165, 1.54) is 10.6 Å². The molecule has 1 N–H and O–H groups in total. The maximum absolute atomic E-state index is 14.6. The number of aromatic hydroxyl groups is 1. The van der Waals surface area contributed by atoms with Gasteiger partial charge in [0.25, 0.3) is 0 Å². The molecule has 0 saturated carbocycles. The summed E-state index contributed by atoms with van der Waals surface area (Å²) >= 11 is 6.19. The summed E-state index contributed by atoms with van der Waals surface area (Å²) in [6.07, 6.45) is -4.75. The van der Waals surface area contributed by atoms with Gasteiger partial charge in [-0.15, -0.1) is 10.2 Å². The van der Waals surface area contributed by atoms with E-state index in [9.17, 15) is 22.7 Å². The van der Waals surface area contributed by atoms with Crippen molar-refractivity contribution in [1.82, 2.24) is 19.7 Å². The van der Waals surface area contributed by atoms with Crippen LogP contribution in [0.4, 0.5) is 17.6 Å². The van der Waals surface area contributed by atoms with Gasteiger partial charge < -0.3 is 5.11 Å². The average Bonchev–Trinajstić information content (AvgIpc) is 2.96. The molecular formula is C18H12ClF4N5O. The second-order valence-corrected chi connectivity index (χ2v) is 6.79. The third kappa shape index (κ3) is 3.03. The summed E-state index contributed by atoms with van der Waals surface area (Å²) < 4.78 is 56.6. The van der Waals surface area contributed by atoms with Gasteiger partial charge >= 0.3 is 6.18 Å². The molecule has 0 aliphatic carbocycles. The second-order valence-electron chi connectivity index (χ2n) is 6.41. The lowest BCUT2D eigenvalue weighted by atomic mass is 10.00. The average molecular weight is 426 g/mol. The molecule has 11 heteroatoms. The zero-order chi connectivity index (χ0) is 21.1. The number of aliphatic imine (C=N–C) groups is 1. The molecule has 0 saturated heterocycles. The molecular weight excluding hydrogens is 414 g/mol. The van der Waals surface area contributed by atoms with Crippen molar-refractivity contribution in [2.75, 3.05) is 0 Å². The number of nitrogens with zero attached hydrogens (tertiary/aromatic N) is 5. The molecule has 1 aromatic carbocycles. The van der Waals surface area contributed by atoms with Crippen molar-refractivity contribution >= 4 is 17.3 Å². The molecule has 1 aliphatic rings. The first kappa shape index (κ1) is 19.3. The first-order valence-corrected chi connectivity index (χ1v) is 8.73. The van der Waals surface area contributed by atoms with Crippen LogP contribution in [0.3, 0.4) is 0 Å². The smallest absolute Gasteiger partial charge is 0.417 e. The highest BCUT2D eigenvalue weighted by molar-refractivity contribution is 6.37. The molecule has 0 amide bonds. The van der Waals surface area contributed by atoms with Gasteiger partial charge in [0.2, 0.25) is 5.88 Å². The van der Waals surface area contributed by atoms with Gasteiger partial charge in [-0.3, -0.25) is 9.56 Å². The molecule has 3 aromatic rings. The number of aryl methyl sites for hydroxylation is 1. The fourth-order valence-electron chi connectivity index (χ4n) is 3.24. The normalized spacial score (nSPS) is 16.1. The van der Waals surface area contributed by atoms with E-state index in [-0.39, 0.29) is 17.0 Å². The number of hydrogen-bond donors (Lipinski definition) is 1. The van der Waals surface area contributed by atoms with Gasteiger partial charge in [-0.05, 0) is 32.0 Å². The summed E-state index contributed by atoms with van der Waals surface area (Å²) in [5.41, 5.74) is -1.72. The Labute approximate surface area is 166 Å². The van der Waals surface area contributed by atoms with E-state index in [0.717, 1.165) is 18.2 Å². The molecule has 0 bridgehead atoms. The Morgan fingerprint density at radius 1 is 1.14 bits per heavy atom. The van der Waals surface area contributed by atoms with Crippen molar-refractivity contribution in [2.45, 2.75) is 26.1 Å². The van der Waals surface area contributed by atoms with E-state index in [2.05, 4.69) is 20.2 Å². The number of hydrogen-bond acceptors (Lipinski definition) is 5. The standard InChI is InChI=1S/C18H12ClF4N5O/c1-7-17-27-26-8(2)28(17)11-5-3-9(18(21,22)23)14(19)13(11)16(24-7)15-10(20)4-6-12(29)25-15/h3-7H,1-2H3,(H,25,29)/t7-/m0/s1. The van der Waals surface area contributed by atoms with Gasteiger partial charge in [0.05, 0.1) is 22.0 Å². The molecule has 6 nitrogen and oxygen atoms in total. The number of aromatic nitrogens is 4. The Morgan fingerprint density at radius 2 is 1.86 bits per heavy atom. The summed E-state index contributed by atoms with van der Waals surface area (Å²) in [6.45, 7) is 3.25. The fraction of sp³-hybridized carbons (Fsp3) is 0.222. The topological polar surface area (TPSA) is 76.2 Å². The Balaban J connectivity index is 2.14. The Kier molecular flexibility index (Phi) is 4.34. The number of rotatable bonds is 1. The number of alkyl halides is 3. The molecule has 0 unspecified atom stereocenters. The van der Waals surface area contributed by atoms with Gasteiger partial charge in [-0.1, -0.05) is 11.6 Å². The van der Waals surface area contributed by atoms with E-state index in [1.807, 2.05) is 0 Å². The molecule has 2 aromatic heterocycles. The van der Waals surface area contributed by atoms with Crippen molar-refractivity contribution < 1.29 is 22.7 Å². The number of benzene rings is 1. The van der Waals surface area contributed by atoms with E-state index >= 15 is 0 Å². The van der Waals surface area contributed by atoms with Crippen LogP contribution >= 0.6 is 11.6 Å². The molecule has 4 rings (SSSR count). The highest BCUT2D eigenvalue weighted by Gasteiger charge is 2.38. The van der Waals surface area contributed by atoms with Crippen molar-refractivity contribution in [3.63, 3.8) is 0 Å². The molecule has 1 aliphatic heterocycles. The molecule has 150 valence electrons. The van der Waals surface area contributed by atoms with Crippen molar-refractivity contribution in [1.29, 1.82) is 0 Å². The quantitative estimate of drug-likeness (QED) is 0.586. The summed E-state index contributed by atoms with van der Waals surface area (Å²) in [5, 5.41) is 17.1. The van der Waals surface area contributed by atoms with Gasteiger partial charge in [-0.25, -0.2) is 9.37 Å².